The minimum atomic E-state index is 0.434. The van der Waals surface area contributed by atoms with E-state index < -0.39 is 0 Å². The van der Waals surface area contributed by atoms with Crippen LogP contribution in [0.5, 0.6) is 0 Å². The van der Waals surface area contributed by atoms with Crippen molar-refractivity contribution in [1.29, 1.82) is 0 Å². The Morgan fingerprint density at radius 1 is 1.50 bits per heavy atom. The maximum Gasteiger partial charge on any atom is 0.0737 e. The lowest BCUT2D eigenvalue weighted by molar-refractivity contribution is 0.298. The summed E-state index contributed by atoms with van der Waals surface area (Å²) in [5, 5.41) is 6.77. The highest BCUT2D eigenvalue weighted by molar-refractivity contribution is 5.33. The minimum absolute atomic E-state index is 0.434. The summed E-state index contributed by atoms with van der Waals surface area (Å²) in [7, 11) is 2.20. The third-order valence-corrected chi connectivity index (χ3v) is 2.98. The zero-order valence-corrected chi connectivity index (χ0v) is 11.0. The first-order chi connectivity index (χ1) is 7.74. The predicted molar refractivity (Wildman–Crippen MR) is 70.2 cm³/mol. The number of allylic oxidation sites excluding steroid dienone is 1. The molecule has 1 aliphatic heterocycles. The van der Waals surface area contributed by atoms with Gasteiger partial charge in [0.1, 0.15) is 0 Å². The fourth-order valence-electron chi connectivity index (χ4n) is 2.19. The van der Waals surface area contributed by atoms with Crippen molar-refractivity contribution in [1.82, 2.24) is 15.5 Å². The molecule has 0 bridgehead atoms. The highest BCUT2D eigenvalue weighted by Crippen LogP contribution is 2.21. The van der Waals surface area contributed by atoms with Crippen LogP contribution < -0.4 is 10.6 Å². The van der Waals surface area contributed by atoms with E-state index in [1.807, 2.05) is 0 Å². The van der Waals surface area contributed by atoms with Gasteiger partial charge in [-0.15, -0.1) is 0 Å². The number of nitrogens with one attached hydrogen (secondary N) is 2. The van der Waals surface area contributed by atoms with Crippen LogP contribution in [-0.2, 0) is 0 Å². The van der Waals surface area contributed by atoms with E-state index in [1.54, 1.807) is 0 Å². The Kier molecular flexibility index (Phi) is 5.56. The van der Waals surface area contributed by atoms with Gasteiger partial charge >= 0.3 is 0 Å². The molecule has 0 aromatic rings. The molecule has 3 heteroatoms. The molecule has 92 valence electrons. The van der Waals surface area contributed by atoms with Gasteiger partial charge in [-0.25, -0.2) is 0 Å². The van der Waals surface area contributed by atoms with Crippen LogP contribution in [0.25, 0.3) is 0 Å². The molecule has 1 heterocycles. The molecule has 0 spiro atoms. The van der Waals surface area contributed by atoms with Crippen molar-refractivity contribution in [2.75, 3.05) is 26.7 Å². The monoisotopic (exact) mass is 223 g/mol. The summed E-state index contributed by atoms with van der Waals surface area (Å²) in [6.45, 7) is 9.59. The van der Waals surface area contributed by atoms with Gasteiger partial charge in [0.25, 0.3) is 0 Å². The van der Waals surface area contributed by atoms with Crippen LogP contribution in [0.4, 0.5) is 0 Å². The van der Waals surface area contributed by atoms with E-state index in [4.69, 9.17) is 0 Å². The van der Waals surface area contributed by atoms with Crippen molar-refractivity contribution < 1.29 is 0 Å². The van der Waals surface area contributed by atoms with Crippen molar-refractivity contribution in [2.45, 2.75) is 33.2 Å². The molecule has 1 unspecified atom stereocenters. The fourth-order valence-corrected chi connectivity index (χ4v) is 2.19. The summed E-state index contributed by atoms with van der Waals surface area (Å²) in [5.41, 5.74) is 2.75. The molecular formula is C13H25N3. The van der Waals surface area contributed by atoms with Crippen LogP contribution in [-0.4, -0.2) is 37.6 Å². The van der Waals surface area contributed by atoms with E-state index in [-0.39, 0.29) is 0 Å². The smallest absolute Gasteiger partial charge is 0.0737 e. The second kappa shape index (κ2) is 6.71. The van der Waals surface area contributed by atoms with Gasteiger partial charge in [0.2, 0.25) is 0 Å². The summed E-state index contributed by atoms with van der Waals surface area (Å²) in [6.07, 6.45) is 5.51. The van der Waals surface area contributed by atoms with Crippen LogP contribution >= 0.6 is 0 Å². The molecule has 0 aliphatic carbocycles. The van der Waals surface area contributed by atoms with E-state index in [9.17, 15) is 0 Å². The molecule has 0 amide bonds. The maximum atomic E-state index is 3.40. The lowest BCUT2D eigenvalue weighted by Crippen LogP contribution is -2.37. The van der Waals surface area contributed by atoms with Crippen LogP contribution in [0.2, 0.25) is 0 Å². The van der Waals surface area contributed by atoms with Gasteiger partial charge in [0.05, 0.1) is 6.04 Å². The molecular weight excluding hydrogens is 198 g/mol. The number of hydrogen-bond acceptors (Lipinski definition) is 3. The molecule has 0 saturated carbocycles. The topological polar surface area (TPSA) is 27.3 Å². The normalized spacial score (nSPS) is 22.7. The van der Waals surface area contributed by atoms with Gasteiger partial charge in [-0.3, -0.25) is 4.90 Å². The van der Waals surface area contributed by atoms with E-state index >= 15 is 0 Å². The lowest BCUT2D eigenvalue weighted by Gasteiger charge is -2.27. The van der Waals surface area contributed by atoms with Gasteiger partial charge < -0.3 is 10.6 Å². The van der Waals surface area contributed by atoms with E-state index in [2.05, 4.69) is 55.6 Å². The lowest BCUT2D eigenvalue weighted by atomic mass is 10.1. The first kappa shape index (κ1) is 13.3. The Morgan fingerprint density at radius 2 is 2.25 bits per heavy atom. The largest absolute Gasteiger partial charge is 0.364 e. The molecule has 0 radical (unpaired) electrons. The highest BCUT2D eigenvalue weighted by Gasteiger charge is 2.26. The number of rotatable bonds is 6. The Morgan fingerprint density at radius 3 is 2.81 bits per heavy atom. The van der Waals surface area contributed by atoms with Gasteiger partial charge in [-0.1, -0.05) is 19.9 Å². The van der Waals surface area contributed by atoms with E-state index in [0.717, 1.165) is 19.6 Å². The third kappa shape index (κ3) is 3.09. The Labute approximate surface area is 99.6 Å². The Balaban J connectivity index is 2.68. The zero-order chi connectivity index (χ0) is 12.0. The van der Waals surface area contributed by atoms with Crippen molar-refractivity contribution in [3.63, 3.8) is 0 Å². The van der Waals surface area contributed by atoms with Gasteiger partial charge in [-0.05, 0) is 39.1 Å². The van der Waals surface area contributed by atoms with Gasteiger partial charge in [0, 0.05) is 18.4 Å². The summed E-state index contributed by atoms with van der Waals surface area (Å²) >= 11 is 0. The summed E-state index contributed by atoms with van der Waals surface area (Å²) in [4.78, 5) is 2.42. The molecule has 0 aromatic carbocycles. The van der Waals surface area contributed by atoms with Gasteiger partial charge in [-0.2, -0.15) is 0 Å². The average Bonchev–Trinajstić information content (AvgIpc) is 2.69. The predicted octanol–water partition coefficient (Wildman–Crippen LogP) is 1.70. The molecule has 2 N–H and O–H groups in total. The summed E-state index contributed by atoms with van der Waals surface area (Å²) < 4.78 is 0. The quantitative estimate of drug-likeness (QED) is 0.717. The zero-order valence-electron chi connectivity index (χ0n) is 11.0. The van der Waals surface area contributed by atoms with Crippen LogP contribution in [0.15, 0.2) is 23.5 Å². The first-order valence-corrected chi connectivity index (χ1v) is 6.27. The third-order valence-electron chi connectivity index (χ3n) is 2.98. The second-order valence-corrected chi connectivity index (χ2v) is 4.27. The average molecular weight is 223 g/mol. The van der Waals surface area contributed by atoms with Crippen molar-refractivity contribution in [3.05, 3.63) is 23.5 Å². The molecule has 1 atom stereocenters. The van der Waals surface area contributed by atoms with Crippen LogP contribution in [0, 0.1) is 0 Å². The standard InChI is InChI=1S/C13H25N3/c1-5-8-16(4)13-11(9-14-7-3)10-15-12(13)6-2/h6,10,13-15H,5,7-9H2,1-4H3/b12-6+. The van der Waals surface area contributed by atoms with Crippen molar-refractivity contribution in [3.8, 4) is 0 Å². The molecule has 1 rings (SSSR count). The summed E-state index contributed by atoms with van der Waals surface area (Å²) in [5.74, 6) is 0. The molecule has 16 heavy (non-hydrogen) atoms. The SMILES string of the molecule is C/C=C1/NC=C(CNCC)C1N(C)CCC. The first-order valence-electron chi connectivity index (χ1n) is 6.27. The molecule has 0 saturated heterocycles. The molecule has 0 fully saturated rings. The van der Waals surface area contributed by atoms with Gasteiger partial charge in [0.15, 0.2) is 0 Å². The fraction of sp³-hybridized carbons (Fsp3) is 0.692. The van der Waals surface area contributed by atoms with E-state index in [0.29, 0.717) is 6.04 Å². The van der Waals surface area contributed by atoms with Crippen LogP contribution in [0.3, 0.4) is 0 Å². The Hall–Kier alpha value is -0.800. The number of nitrogens with zero attached hydrogens (tertiary/aromatic N) is 1. The molecule has 1 aliphatic rings. The molecule has 0 aromatic heterocycles. The van der Waals surface area contributed by atoms with E-state index in [1.165, 1.54) is 17.7 Å². The maximum absolute atomic E-state index is 3.40. The minimum Gasteiger partial charge on any atom is -0.364 e. The summed E-state index contributed by atoms with van der Waals surface area (Å²) in [6, 6.07) is 0.434. The second-order valence-electron chi connectivity index (χ2n) is 4.27. The number of likely N-dealkylation sites (N-methyl/N-ethyl adjacent to an activating group) is 2. The Bertz CT molecular complexity index is 268. The highest BCUT2D eigenvalue weighted by atomic mass is 15.2. The van der Waals surface area contributed by atoms with Crippen molar-refractivity contribution in [2.24, 2.45) is 0 Å². The number of hydrogen-bond donors (Lipinski definition) is 2. The molecule has 3 nitrogen and oxygen atoms in total. The van der Waals surface area contributed by atoms with Crippen molar-refractivity contribution >= 4 is 0 Å². The van der Waals surface area contributed by atoms with Crippen LogP contribution in [0.1, 0.15) is 27.2 Å².